The summed E-state index contributed by atoms with van der Waals surface area (Å²) in [5.41, 5.74) is 5.92. The molecule has 2 aliphatic rings. The van der Waals surface area contributed by atoms with Crippen LogP contribution in [0.15, 0.2) is 6.07 Å². The van der Waals surface area contributed by atoms with E-state index in [2.05, 4.69) is 9.88 Å². The molecule has 104 valence electrons. The van der Waals surface area contributed by atoms with Gasteiger partial charge in [-0.1, -0.05) is 0 Å². The first-order valence-corrected chi connectivity index (χ1v) is 7.30. The molecule has 1 saturated carbocycles. The van der Waals surface area contributed by atoms with E-state index in [4.69, 9.17) is 10.7 Å². The van der Waals surface area contributed by atoms with E-state index >= 15 is 0 Å². The maximum Gasteiger partial charge on any atom is 0.136 e. The van der Waals surface area contributed by atoms with Crippen molar-refractivity contribution in [1.82, 2.24) is 9.97 Å². The monoisotopic (exact) mass is 262 g/mol. The molecular formula is C14H22N4O. The highest BCUT2D eigenvalue weighted by molar-refractivity contribution is 5.48. The Labute approximate surface area is 113 Å². The van der Waals surface area contributed by atoms with Gasteiger partial charge in [0.05, 0.1) is 0 Å². The van der Waals surface area contributed by atoms with Crippen LogP contribution in [-0.4, -0.2) is 34.3 Å². The van der Waals surface area contributed by atoms with E-state index in [0.29, 0.717) is 17.8 Å². The lowest BCUT2D eigenvalue weighted by Gasteiger charge is -2.36. The minimum atomic E-state index is 0.233. The van der Waals surface area contributed by atoms with Crippen LogP contribution in [0.2, 0.25) is 0 Å². The number of hydrogen-bond acceptors (Lipinski definition) is 5. The highest BCUT2D eigenvalue weighted by Gasteiger charge is 2.29. The molecule has 1 aromatic rings. The van der Waals surface area contributed by atoms with E-state index in [-0.39, 0.29) is 6.61 Å². The molecule has 0 spiro atoms. The maximum absolute atomic E-state index is 9.21. The van der Waals surface area contributed by atoms with Crippen molar-refractivity contribution < 1.29 is 5.11 Å². The number of anilines is 2. The zero-order chi connectivity index (χ0) is 13.2. The predicted octanol–water partition coefficient (Wildman–Crippen LogP) is 1.68. The summed E-state index contributed by atoms with van der Waals surface area (Å²) in [6, 6.07) is 2.27. The highest BCUT2D eigenvalue weighted by atomic mass is 16.3. The summed E-state index contributed by atoms with van der Waals surface area (Å²) in [6.07, 6.45) is 6.72. The number of aromatic nitrogens is 2. The zero-order valence-corrected chi connectivity index (χ0v) is 11.3. The van der Waals surface area contributed by atoms with Crippen LogP contribution in [0.25, 0.3) is 0 Å². The number of hydrogen-bond donors (Lipinski definition) is 2. The van der Waals surface area contributed by atoms with Gasteiger partial charge in [-0.25, -0.2) is 9.97 Å². The number of nitrogens with zero attached hydrogens (tertiary/aromatic N) is 3. The van der Waals surface area contributed by atoms with Crippen LogP contribution in [0.3, 0.4) is 0 Å². The van der Waals surface area contributed by atoms with Gasteiger partial charge in [0.15, 0.2) is 0 Å². The number of aliphatic hydroxyl groups excluding tert-OH is 1. The van der Waals surface area contributed by atoms with E-state index in [1.807, 2.05) is 6.07 Å². The Morgan fingerprint density at radius 2 is 2.11 bits per heavy atom. The smallest absolute Gasteiger partial charge is 0.136 e. The highest BCUT2D eigenvalue weighted by Crippen LogP contribution is 2.39. The number of nitrogens with two attached hydrogens (primary N) is 1. The van der Waals surface area contributed by atoms with E-state index in [0.717, 1.165) is 31.0 Å². The van der Waals surface area contributed by atoms with Crippen molar-refractivity contribution in [2.45, 2.75) is 50.5 Å². The molecule has 5 nitrogen and oxygen atoms in total. The maximum atomic E-state index is 9.21. The molecule has 0 radical (unpaired) electrons. The van der Waals surface area contributed by atoms with E-state index < -0.39 is 0 Å². The van der Waals surface area contributed by atoms with Crippen LogP contribution in [0.1, 0.15) is 50.3 Å². The SMILES string of the molecule is Nc1cc(N2CCCCC2CCO)nc(C2CC2)n1. The molecule has 2 fully saturated rings. The molecule has 3 N–H and O–H groups in total. The second-order valence-corrected chi connectivity index (χ2v) is 5.64. The van der Waals surface area contributed by atoms with Gasteiger partial charge in [-0.05, 0) is 38.5 Å². The van der Waals surface area contributed by atoms with Crippen molar-refractivity contribution >= 4 is 11.6 Å². The topological polar surface area (TPSA) is 75.3 Å². The lowest BCUT2D eigenvalue weighted by atomic mass is 9.99. The van der Waals surface area contributed by atoms with Gasteiger partial charge in [-0.15, -0.1) is 0 Å². The summed E-state index contributed by atoms with van der Waals surface area (Å²) in [5.74, 6) is 2.94. The van der Waals surface area contributed by atoms with Crippen molar-refractivity contribution in [1.29, 1.82) is 0 Å². The zero-order valence-electron chi connectivity index (χ0n) is 11.3. The molecule has 0 amide bonds. The summed E-state index contributed by atoms with van der Waals surface area (Å²) in [4.78, 5) is 11.4. The molecule has 1 unspecified atom stereocenters. The Morgan fingerprint density at radius 3 is 2.84 bits per heavy atom. The molecule has 1 aromatic heterocycles. The van der Waals surface area contributed by atoms with Gasteiger partial charge in [-0.2, -0.15) is 0 Å². The Hall–Kier alpha value is -1.36. The van der Waals surface area contributed by atoms with Gasteiger partial charge in [0.2, 0.25) is 0 Å². The van der Waals surface area contributed by atoms with Crippen LogP contribution in [0.4, 0.5) is 11.6 Å². The third-order valence-corrected chi connectivity index (χ3v) is 4.08. The first kappa shape index (κ1) is 12.7. The van der Waals surface area contributed by atoms with Crippen LogP contribution >= 0.6 is 0 Å². The molecular weight excluding hydrogens is 240 g/mol. The third kappa shape index (κ3) is 2.81. The molecule has 1 saturated heterocycles. The van der Waals surface area contributed by atoms with Crippen molar-refractivity contribution in [2.75, 3.05) is 23.8 Å². The summed E-state index contributed by atoms with van der Waals surface area (Å²) < 4.78 is 0. The number of rotatable bonds is 4. The predicted molar refractivity (Wildman–Crippen MR) is 75.1 cm³/mol. The van der Waals surface area contributed by atoms with Crippen molar-refractivity contribution in [3.8, 4) is 0 Å². The van der Waals surface area contributed by atoms with Crippen molar-refractivity contribution in [3.63, 3.8) is 0 Å². The molecule has 1 aliphatic heterocycles. The molecule has 0 aromatic carbocycles. The quantitative estimate of drug-likeness (QED) is 0.863. The van der Waals surface area contributed by atoms with Gasteiger partial charge >= 0.3 is 0 Å². The Morgan fingerprint density at radius 1 is 1.26 bits per heavy atom. The van der Waals surface area contributed by atoms with Gasteiger partial charge in [0, 0.05) is 31.2 Å². The summed E-state index contributed by atoms with van der Waals surface area (Å²) >= 11 is 0. The Balaban J connectivity index is 1.86. The molecule has 5 heteroatoms. The third-order valence-electron chi connectivity index (χ3n) is 4.08. The fourth-order valence-electron chi connectivity index (χ4n) is 2.89. The minimum Gasteiger partial charge on any atom is -0.396 e. The standard InChI is InChI=1S/C14H22N4O/c15-12-9-13(17-14(16-12)10-4-5-10)18-7-2-1-3-11(18)6-8-19/h9-11,19H,1-8H2,(H2,15,16,17). The van der Waals surface area contributed by atoms with Crippen molar-refractivity contribution in [2.24, 2.45) is 0 Å². The average molecular weight is 262 g/mol. The molecule has 1 atom stereocenters. The van der Waals surface area contributed by atoms with Gasteiger partial charge in [0.1, 0.15) is 17.5 Å². The minimum absolute atomic E-state index is 0.233. The lowest BCUT2D eigenvalue weighted by molar-refractivity contribution is 0.262. The molecule has 19 heavy (non-hydrogen) atoms. The fourth-order valence-corrected chi connectivity index (χ4v) is 2.89. The first-order valence-electron chi connectivity index (χ1n) is 7.30. The number of nitrogen functional groups attached to an aromatic ring is 1. The van der Waals surface area contributed by atoms with Gasteiger partial charge in [0.25, 0.3) is 0 Å². The number of aliphatic hydroxyl groups is 1. The summed E-state index contributed by atoms with van der Waals surface area (Å²) in [7, 11) is 0. The summed E-state index contributed by atoms with van der Waals surface area (Å²) in [5, 5.41) is 9.21. The molecule has 1 aliphatic carbocycles. The van der Waals surface area contributed by atoms with Crippen LogP contribution in [0.5, 0.6) is 0 Å². The molecule has 2 heterocycles. The first-order chi connectivity index (χ1) is 9.28. The summed E-state index contributed by atoms with van der Waals surface area (Å²) in [6.45, 7) is 1.24. The van der Waals surface area contributed by atoms with Gasteiger partial charge < -0.3 is 15.7 Å². The van der Waals surface area contributed by atoms with Crippen LogP contribution in [-0.2, 0) is 0 Å². The lowest BCUT2D eigenvalue weighted by Crippen LogP contribution is -2.40. The average Bonchev–Trinajstić information content (AvgIpc) is 3.23. The van der Waals surface area contributed by atoms with Crippen LogP contribution < -0.4 is 10.6 Å². The second kappa shape index (κ2) is 5.33. The Bertz CT molecular complexity index is 445. The van der Waals surface area contributed by atoms with Gasteiger partial charge in [-0.3, -0.25) is 0 Å². The van der Waals surface area contributed by atoms with Crippen molar-refractivity contribution in [3.05, 3.63) is 11.9 Å². The van der Waals surface area contributed by atoms with E-state index in [9.17, 15) is 5.11 Å². The fraction of sp³-hybridized carbons (Fsp3) is 0.714. The molecule has 0 bridgehead atoms. The largest absolute Gasteiger partial charge is 0.396 e. The Kier molecular flexibility index (Phi) is 3.55. The number of piperidine rings is 1. The van der Waals surface area contributed by atoms with E-state index in [1.165, 1.54) is 25.7 Å². The second-order valence-electron chi connectivity index (χ2n) is 5.64. The molecule has 3 rings (SSSR count). The van der Waals surface area contributed by atoms with E-state index in [1.54, 1.807) is 0 Å². The van der Waals surface area contributed by atoms with Crippen LogP contribution in [0, 0.1) is 0 Å². The normalized spacial score (nSPS) is 23.6.